The van der Waals surface area contributed by atoms with E-state index in [1.165, 1.54) is 4.68 Å². The molecule has 2 rings (SSSR count). The zero-order valence-corrected chi connectivity index (χ0v) is 10.3. The number of nitrogens with two attached hydrogens (primary N) is 1. The number of rotatable bonds is 4. The number of anilines is 1. The van der Waals surface area contributed by atoms with Gasteiger partial charge in [-0.05, 0) is 13.8 Å². The lowest BCUT2D eigenvalue weighted by molar-refractivity contribution is -0.117. The molecule has 0 aliphatic carbocycles. The monoisotopic (exact) mass is 249 g/mol. The summed E-state index contributed by atoms with van der Waals surface area (Å²) in [5.41, 5.74) is 7.91. The van der Waals surface area contributed by atoms with Crippen molar-refractivity contribution in [1.29, 1.82) is 0 Å². The minimum atomic E-state index is -0.210. The number of aryl methyl sites for hydroxylation is 1. The summed E-state index contributed by atoms with van der Waals surface area (Å²) in [6.07, 6.45) is 1.64. The van der Waals surface area contributed by atoms with Crippen LogP contribution in [0.15, 0.2) is 6.20 Å². The van der Waals surface area contributed by atoms with Gasteiger partial charge in [-0.25, -0.2) is 4.68 Å². The third-order valence-corrected chi connectivity index (χ3v) is 2.61. The molecule has 4 N–H and O–H groups in total. The van der Waals surface area contributed by atoms with E-state index >= 15 is 0 Å². The molecule has 8 heteroatoms. The van der Waals surface area contributed by atoms with Gasteiger partial charge in [0.25, 0.3) is 0 Å². The Balaban J connectivity index is 1.98. The van der Waals surface area contributed by atoms with Crippen LogP contribution in [0.1, 0.15) is 17.0 Å². The van der Waals surface area contributed by atoms with Crippen LogP contribution in [-0.4, -0.2) is 31.1 Å². The summed E-state index contributed by atoms with van der Waals surface area (Å²) in [5.74, 6) is 0.328. The third-order valence-electron chi connectivity index (χ3n) is 2.61. The van der Waals surface area contributed by atoms with Crippen LogP contribution in [0, 0.1) is 13.8 Å². The van der Waals surface area contributed by atoms with Crippen molar-refractivity contribution in [2.24, 2.45) is 5.73 Å². The van der Waals surface area contributed by atoms with Crippen molar-refractivity contribution in [1.82, 2.24) is 25.2 Å². The van der Waals surface area contributed by atoms with Gasteiger partial charge in [0, 0.05) is 17.8 Å². The van der Waals surface area contributed by atoms with Gasteiger partial charge >= 0.3 is 0 Å². The minimum absolute atomic E-state index is 0.0817. The Labute approximate surface area is 104 Å². The van der Waals surface area contributed by atoms with Crippen molar-refractivity contribution in [2.75, 3.05) is 5.32 Å². The maximum absolute atomic E-state index is 11.8. The number of aromatic amines is 1. The second-order valence-electron chi connectivity index (χ2n) is 3.98. The average molecular weight is 249 g/mol. The number of carbonyl (C=O) groups is 1. The van der Waals surface area contributed by atoms with E-state index in [-0.39, 0.29) is 12.5 Å². The molecule has 0 aliphatic heterocycles. The number of carbonyl (C=O) groups excluding carboxylic acids is 1. The number of amides is 1. The fraction of sp³-hybridized carbons (Fsp3) is 0.400. The van der Waals surface area contributed by atoms with Crippen molar-refractivity contribution in [3.05, 3.63) is 23.1 Å². The molecule has 0 fully saturated rings. The van der Waals surface area contributed by atoms with Crippen molar-refractivity contribution in [3.63, 3.8) is 0 Å². The summed E-state index contributed by atoms with van der Waals surface area (Å²) in [5, 5.41) is 17.1. The van der Waals surface area contributed by atoms with E-state index in [1.807, 2.05) is 13.8 Å². The Bertz CT molecular complexity index is 556. The quantitative estimate of drug-likeness (QED) is 0.689. The van der Waals surface area contributed by atoms with Crippen LogP contribution in [0.4, 0.5) is 5.82 Å². The molecule has 0 atom stereocenters. The molecule has 2 aromatic heterocycles. The van der Waals surface area contributed by atoms with Gasteiger partial charge in [-0.1, -0.05) is 5.21 Å². The molecule has 0 saturated heterocycles. The predicted octanol–water partition coefficient (Wildman–Crippen LogP) is -0.285. The van der Waals surface area contributed by atoms with E-state index in [0.717, 1.165) is 11.3 Å². The highest BCUT2D eigenvalue weighted by molar-refractivity contribution is 5.90. The second kappa shape index (κ2) is 4.96. The third kappa shape index (κ3) is 2.54. The van der Waals surface area contributed by atoms with E-state index in [9.17, 15) is 4.79 Å². The van der Waals surface area contributed by atoms with Crippen molar-refractivity contribution < 1.29 is 4.79 Å². The maximum Gasteiger partial charge on any atom is 0.247 e. The molecule has 2 aromatic rings. The van der Waals surface area contributed by atoms with Crippen molar-refractivity contribution in [3.8, 4) is 0 Å². The van der Waals surface area contributed by atoms with Gasteiger partial charge in [0.1, 0.15) is 6.54 Å². The van der Waals surface area contributed by atoms with Crippen LogP contribution < -0.4 is 11.1 Å². The van der Waals surface area contributed by atoms with E-state index in [4.69, 9.17) is 5.73 Å². The Morgan fingerprint density at radius 2 is 2.33 bits per heavy atom. The smallest absolute Gasteiger partial charge is 0.247 e. The Morgan fingerprint density at radius 3 is 2.89 bits per heavy atom. The number of aromatic nitrogens is 5. The lowest BCUT2D eigenvalue weighted by atomic mass is 10.3. The largest absolute Gasteiger partial charge is 0.325 e. The van der Waals surface area contributed by atoms with Gasteiger partial charge in [-0.15, -0.1) is 5.10 Å². The zero-order valence-electron chi connectivity index (χ0n) is 10.3. The van der Waals surface area contributed by atoms with Crippen molar-refractivity contribution >= 4 is 11.7 Å². The summed E-state index contributed by atoms with van der Waals surface area (Å²) in [6, 6.07) is 0. The summed E-state index contributed by atoms with van der Waals surface area (Å²) in [7, 11) is 0. The van der Waals surface area contributed by atoms with Gasteiger partial charge in [-0.3, -0.25) is 9.89 Å². The molecule has 8 nitrogen and oxygen atoms in total. The summed E-state index contributed by atoms with van der Waals surface area (Å²) in [6.45, 7) is 4.16. The van der Waals surface area contributed by atoms with E-state index in [2.05, 4.69) is 25.8 Å². The molecule has 0 aromatic carbocycles. The van der Waals surface area contributed by atoms with Gasteiger partial charge in [-0.2, -0.15) is 5.10 Å². The zero-order chi connectivity index (χ0) is 13.1. The van der Waals surface area contributed by atoms with Gasteiger partial charge in [0.2, 0.25) is 5.91 Å². The number of hydrogen-bond donors (Lipinski definition) is 3. The number of H-pyrrole nitrogens is 1. The molecule has 2 heterocycles. The Hall–Kier alpha value is -2.22. The maximum atomic E-state index is 11.8. The van der Waals surface area contributed by atoms with E-state index in [1.54, 1.807) is 6.20 Å². The predicted molar refractivity (Wildman–Crippen MR) is 64.6 cm³/mol. The minimum Gasteiger partial charge on any atom is -0.325 e. The highest BCUT2D eigenvalue weighted by Crippen LogP contribution is 2.13. The van der Waals surface area contributed by atoms with E-state index in [0.29, 0.717) is 18.1 Å². The van der Waals surface area contributed by atoms with Crippen LogP contribution in [0.3, 0.4) is 0 Å². The van der Waals surface area contributed by atoms with Crippen molar-refractivity contribution in [2.45, 2.75) is 26.9 Å². The molecule has 1 amide bonds. The van der Waals surface area contributed by atoms with Gasteiger partial charge in [0.15, 0.2) is 5.82 Å². The Morgan fingerprint density at radius 1 is 1.56 bits per heavy atom. The Kier molecular flexibility index (Phi) is 3.38. The highest BCUT2D eigenvalue weighted by atomic mass is 16.2. The second-order valence-corrected chi connectivity index (χ2v) is 3.98. The molecule has 0 bridgehead atoms. The molecule has 0 spiro atoms. The van der Waals surface area contributed by atoms with Gasteiger partial charge in [0.05, 0.1) is 11.9 Å². The number of nitrogens with zero attached hydrogens (tertiary/aromatic N) is 4. The molecular weight excluding hydrogens is 234 g/mol. The molecule has 0 radical (unpaired) electrons. The van der Waals surface area contributed by atoms with Crippen LogP contribution >= 0.6 is 0 Å². The first-order chi connectivity index (χ1) is 8.60. The van der Waals surface area contributed by atoms with Crippen LogP contribution in [-0.2, 0) is 17.9 Å². The normalized spacial score (nSPS) is 10.6. The highest BCUT2D eigenvalue weighted by Gasteiger charge is 2.10. The molecule has 0 unspecified atom stereocenters. The first-order valence-corrected chi connectivity index (χ1v) is 5.50. The summed E-state index contributed by atoms with van der Waals surface area (Å²) >= 11 is 0. The summed E-state index contributed by atoms with van der Waals surface area (Å²) in [4.78, 5) is 11.8. The first-order valence-electron chi connectivity index (χ1n) is 5.50. The molecule has 0 saturated carbocycles. The lowest BCUT2D eigenvalue weighted by Crippen LogP contribution is -2.19. The molecule has 18 heavy (non-hydrogen) atoms. The topological polar surface area (TPSA) is 115 Å². The molecule has 96 valence electrons. The SMILES string of the molecule is Cc1[nH]nc(NC(=O)Cn2cc(CN)nn2)c1C. The number of hydrogen-bond acceptors (Lipinski definition) is 5. The average Bonchev–Trinajstić information content (AvgIpc) is 2.91. The number of nitrogens with one attached hydrogen (secondary N) is 2. The first kappa shape index (κ1) is 12.2. The van der Waals surface area contributed by atoms with Crippen LogP contribution in [0.25, 0.3) is 0 Å². The molecular formula is C10H15N7O. The lowest BCUT2D eigenvalue weighted by Gasteiger charge is -2.02. The fourth-order valence-corrected chi connectivity index (χ4v) is 1.43. The van der Waals surface area contributed by atoms with E-state index < -0.39 is 0 Å². The van der Waals surface area contributed by atoms with Crippen LogP contribution in [0.5, 0.6) is 0 Å². The standard InChI is InChI=1S/C10H15N7O/c1-6-7(2)13-15-10(6)12-9(18)5-17-4-8(3-11)14-16-17/h4H,3,5,11H2,1-2H3,(H2,12,13,15,18). The van der Waals surface area contributed by atoms with Crippen LogP contribution in [0.2, 0.25) is 0 Å². The summed E-state index contributed by atoms with van der Waals surface area (Å²) < 4.78 is 1.44. The van der Waals surface area contributed by atoms with Gasteiger partial charge < -0.3 is 11.1 Å². The fourth-order valence-electron chi connectivity index (χ4n) is 1.43. The molecule has 0 aliphatic rings.